The number of carboxylic acids is 1. The monoisotopic (exact) mass is 295 g/mol. The Kier molecular flexibility index (Phi) is 4.77. The summed E-state index contributed by atoms with van der Waals surface area (Å²) in [5.74, 6) is -1.15. The second kappa shape index (κ2) is 6.56. The van der Waals surface area contributed by atoms with Crippen LogP contribution in [0.2, 0.25) is 0 Å². The zero-order chi connectivity index (χ0) is 15.3. The summed E-state index contributed by atoms with van der Waals surface area (Å²) in [5.41, 5.74) is -0.793. The van der Waals surface area contributed by atoms with Gasteiger partial charge in [-0.1, -0.05) is 12.5 Å². The lowest BCUT2D eigenvalue weighted by Crippen LogP contribution is -2.47. The maximum atomic E-state index is 12.9. The van der Waals surface area contributed by atoms with Crippen molar-refractivity contribution in [2.75, 3.05) is 13.2 Å². The summed E-state index contributed by atoms with van der Waals surface area (Å²) in [5, 5.41) is 11.8. The topological polar surface area (TPSA) is 75.6 Å². The number of carboxylic acid groups (broad SMARTS) is 1. The molecule has 5 nitrogen and oxygen atoms in total. The number of nitrogens with one attached hydrogen (secondary N) is 1. The molecule has 1 saturated carbocycles. The fraction of sp³-hybridized carbons (Fsp3) is 0.467. The van der Waals surface area contributed by atoms with Crippen molar-refractivity contribution < 1.29 is 23.8 Å². The average Bonchev–Trinajstić information content (AvgIpc) is 2.37. The largest absolute Gasteiger partial charge is 0.493 e. The molecule has 1 aliphatic rings. The van der Waals surface area contributed by atoms with Crippen LogP contribution < -0.4 is 10.1 Å². The fourth-order valence-electron chi connectivity index (χ4n) is 2.24. The first-order chi connectivity index (χ1) is 10.0. The molecule has 1 aromatic carbocycles. The van der Waals surface area contributed by atoms with Gasteiger partial charge in [-0.15, -0.1) is 0 Å². The first-order valence-electron chi connectivity index (χ1n) is 6.90. The normalized spacial score (nSPS) is 15.9. The zero-order valence-corrected chi connectivity index (χ0v) is 11.6. The SMILES string of the molecule is O=C(CCOc1cccc(F)c1)NCC1(C(=O)O)CCC1. The number of carbonyl (C=O) groups is 2. The van der Waals surface area contributed by atoms with Crippen LogP contribution in [0.15, 0.2) is 24.3 Å². The van der Waals surface area contributed by atoms with E-state index in [1.807, 2.05) is 0 Å². The molecule has 2 rings (SSSR count). The lowest BCUT2D eigenvalue weighted by Gasteiger charge is -2.37. The summed E-state index contributed by atoms with van der Waals surface area (Å²) < 4.78 is 18.2. The van der Waals surface area contributed by atoms with Gasteiger partial charge < -0.3 is 15.2 Å². The second-order valence-corrected chi connectivity index (χ2v) is 5.27. The Balaban J connectivity index is 1.69. The quantitative estimate of drug-likeness (QED) is 0.806. The maximum absolute atomic E-state index is 12.9. The third-order valence-corrected chi connectivity index (χ3v) is 3.78. The van der Waals surface area contributed by atoms with E-state index >= 15 is 0 Å². The van der Waals surface area contributed by atoms with Gasteiger partial charge in [-0.3, -0.25) is 9.59 Å². The molecule has 0 aliphatic heterocycles. The number of hydrogen-bond donors (Lipinski definition) is 2. The minimum Gasteiger partial charge on any atom is -0.493 e. The van der Waals surface area contributed by atoms with Crippen molar-refractivity contribution in [1.29, 1.82) is 0 Å². The van der Waals surface area contributed by atoms with Crippen LogP contribution in [0.1, 0.15) is 25.7 Å². The van der Waals surface area contributed by atoms with Crippen molar-refractivity contribution in [3.8, 4) is 5.75 Å². The van der Waals surface area contributed by atoms with E-state index in [1.54, 1.807) is 6.07 Å². The molecule has 1 aliphatic carbocycles. The molecule has 0 heterocycles. The summed E-state index contributed by atoms with van der Waals surface area (Å²) in [6, 6.07) is 5.68. The Morgan fingerprint density at radius 3 is 2.71 bits per heavy atom. The third kappa shape index (κ3) is 3.93. The molecule has 21 heavy (non-hydrogen) atoms. The van der Waals surface area contributed by atoms with E-state index in [1.165, 1.54) is 18.2 Å². The molecule has 0 bridgehead atoms. The van der Waals surface area contributed by atoms with Crippen molar-refractivity contribution in [2.24, 2.45) is 5.41 Å². The molecule has 1 amide bonds. The molecule has 0 unspecified atom stereocenters. The number of aliphatic carboxylic acids is 1. The Morgan fingerprint density at radius 1 is 1.38 bits per heavy atom. The highest BCUT2D eigenvalue weighted by molar-refractivity contribution is 5.79. The summed E-state index contributed by atoms with van der Waals surface area (Å²) >= 11 is 0. The van der Waals surface area contributed by atoms with E-state index in [0.717, 1.165) is 6.42 Å². The standard InChI is InChI=1S/C15H18FNO4/c16-11-3-1-4-12(9-11)21-8-5-13(18)17-10-15(14(19)20)6-2-7-15/h1,3-4,9H,2,5-8,10H2,(H,17,18)(H,19,20). The predicted molar refractivity (Wildman–Crippen MR) is 73.4 cm³/mol. The Bertz CT molecular complexity index is 528. The van der Waals surface area contributed by atoms with E-state index in [2.05, 4.69) is 5.32 Å². The summed E-state index contributed by atoms with van der Waals surface area (Å²) in [7, 11) is 0. The number of amides is 1. The highest BCUT2D eigenvalue weighted by Crippen LogP contribution is 2.40. The van der Waals surface area contributed by atoms with Gasteiger partial charge in [0.25, 0.3) is 0 Å². The van der Waals surface area contributed by atoms with E-state index in [-0.39, 0.29) is 25.5 Å². The Hall–Kier alpha value is -2.11. The van der Waals surface area contributed by atoms with Crippen LogP contribution in [-0.4, -0.2) is 30.1 Å². The fourth-order valence-corrected chi connectivity index (χ4v) is 2.24. The van der Waals surface area contributed by atoms with Gasteiger partial charge >= 0.3 is 5.97 Å². The van der Waals surface area contributed by atoms with Crippen molar-refractivity contribution in [2.45, 2.75) is 25.7 Å². The molecule has 0 saturated heterocycles. The molecular formula is C15H18FNO4. The van der Waals surface area contributed by atoms with Crippen LogP contribution in [0.25, 0.3) is 0 Å². The number of rotatable bonds is 7. The van der Waals surface area contributed by atoms with Crippen LogP contribution >= 0.6 is 0 Å². The van der Waals surface area contributed by atoms with Gasteiger partial charge in [0.1, 0.15) is 11.6 Å². The molecule has 1 fully saturated rings. The second-order valence-electron chi connectivity index (χ2n) is 5.27. The smallest absolute Gasteiger partial charge is 0.311 e. The number of benzene rings is 1. The van der Waals surface area contributed by atoms with E-state index in [0.29, 0.717) is 18.6 Å². The molecular weight excluding hydrogens is 277 g/mol. The molecule has 0 radical (unpaired) electrons. The number of carbonyl (C=O) groups excluding carboxylic acids is 1. The Labute approximate surface area is 122 Å². The molecule has 0 atom stereocenters. The van der Waals surface area contributed by atoms with Crippen molar-refractivity contribution in [3.05, 3.63) is 30.1 Å². The number of ether oxygens (including phenoxy) is 1. The molecule has 2 N–H and O–H groups in total. The minimum absolute atomic E-state index is 0.103. The van der Waals surface area contributed by atoms with E-state index in [9.17, 15) is 14.0 Å². The van der Waals surface area contributed by atoms with Crippen molar-refractivity contribution in [3.63, 3.8) is 0 Å². The third-order valence-electron chi connectivity index (χ3n) is 3.78. The van der Waals surface area contributed by atoms with E-state index < -0.39 is 17.2 Å². The van der Waals surface area contributed by atoms with Crippen molar-refractivity contribution in [1.82, 2.24) is 5.32 Å². The van der Waals surface area contributed by atoms with Gasteiger partial charge in [0.2, 0.25) is 5.91 Å². The molecule has 1 aromatic rings. The first kappa shape index (κ1) is 15.3. The van der Waals surface area contributed by atoms with Gasteiger partial charge in [-0.05, 0) is 25.0 Å². The summed E-state index contributed by atoms with van der Waals surface area (Å²) in [6.45, 7) is 0.274. The lowest BCUT2D eigenvalue weighted by molar-refractivity contribution is -0.154. The van der Waals surface area contributed by atoms with E-state index in [4.69, 9.17) is 9.84 Å². The first-order valence-corrected chi connectivity index (χ1v) is 6.90. The lowest BCUT2D eigenvalue weighted by atomic mass is 9.69. The molecule has 114 valence electrons. The van der Waals surface area contributed by atoms with Crippen LogP contribution in [0.5, 0.6) is 5.75 Å². The summed E-state index contributed by atoms with van der Waals surface area (Å²) in [4.78, 5) is 22.8. The molecule has 6 heteroatoms. The zero-order valence-electron chi connectivity index (χ0n) is 11.6. The highest BCUT2D eigenvalue weighted by Gasteiger charge is 2.44. The Morgan fingerprint density at radius 2 is 2.14 bits per heavy atom. The van der Waals surface area contributed by atoms with Crippen LogP contribution in [0.3, 0.4) is 0 Å². The van der Waals surface area contributed by atoms with Gasteiger partial charge in [-0.25, -0.2) is 4.39 Å². The van der Waals surface area contributed by atoms with Gasteiger partial charge in [0, 0.05) is 12.6 Å². The van der Waals surface area contributed by atoms with Crippen LogP contribution in [-0.2, 0) is 9.59 Å². The number of hydrogen-bond acceptors (Lipinski definition) is 3. The summed E-state index contributed by atoms with van der Waals surface area (Å²) in [6.07, 6.45) is 2.18. The maximum Gasteiger partial charge on any atom is 0.311 e. The van der Waals surface area contributed by atoms with Crippen molar-refractivity contribution >= 4 is 11.9 Å². The van der Waals surface area contributed by atoms with Gasteiger partial charge in [-0.2, -0.15) is 0 Å². The van der Waals surface area contributed by atoms with Gasteiger partial charge in [0.15, 0.2) is 0 Å². The molecule has 0 spiro atoms. The minimum atomic E-state index is -0.856. The average molecular weight is 295 g/mol. The number of halogens is 1. The highest BCUT2D eigenvalue weighted by atomic mass is 19.1. The van der Waals surface area contributed by atoms with Gasteiger partial charge in [0.05, 0.1) is 18.4 Å². The predicted octanol–water partition coefficient (Wildman–Crippen LogP) is 1.97. The van der Waals surface area contributed by atoms with Crippen LogP contribution in [0, 0.1) is 11.2 Å². The molecule has 0 aromatic heterocycles. The van der Waals surface area contributed by atoms with Crippen LogP contribution in [0.4, 0.5) is 4.39 Å².